The van der Waals surface area contributed by atoms with Crippen molar-refractivity contribution in [2.24, 2.45) is 5.92 Å². The van der Waals surface area contributed by atoms with Crippen molar-refractivity contribution in [3.8, 4) is 0 Å². The third-order valence-electron chi connectivity index (χ3n) is 3.83. The van der Waals surface area contributed by atoms with E-state index in [1.165, 1.54) is 0 Å². The van der Waals surface area contributed by atoms with Crippen LogP contribution < -0.4 is 10.6 Å². The first-order valence-corrected chi connectivity index (χ1v) is 9.12. The molecular weight excluding hydrogens is 332 g/mol. The van der Waals surface area contributed by atoms with Crippen LogP contribution in [-0.4, -0.2) is 37.0 Å². The van der Waals surface area contributed by atoms with Crippen LogP contribution in [0.5, 0.6) is 0 Å². The van der Waals surface area contributed by atoms with E-state index in [2.05, 4.69) is 24.5 Å². The van der Waals surface area contributed by atoms with E-state index < -0.39 is 5.97 Å². The van der Waals surface area contributed by atoms with E-state index in [1.807, 2.05) is 37.3 Å². The minimum Gasteiger partial charge on any atom is -0.454 e. The van der Waals surface area contributed by atoms with Crippen molar-refractivity contribution in [1.29, 1.82) is 0 Å². The van der Waals surface area contributed by atoms with Gasteiger partial charge in [0.05, 0.1) is 6.42 Å². The van der Waals surface area contributed by atoms with E-state index >= 15 is 0 Å². The second kappa shape index (κ2) is 12.1. The summed E-state index contributed by atoms with van der Waals surface area (Å²) >= 11 is 0. The van der Waals surface area contributed by atoms with Crippen LogP contribution >= 0.6 is 0 Å². The van der Waals surface area contributed by atoms with E-state index in [-0.39, 0.29) is 37.4 Å². The van der Waals surface area contributed by atoms with Gasteiger partial charge in [-0.1, -0.05) is 57.0 Å². The van der Waals surface area contributed by atoms with Crippen LogP contribution in [0.1, 0.15) is 45.6 Å². The first kappa shape index (κ1) is 21.7. The summed E-state index contributed by atoms with van der Waals surface area (Å²) in [4.78, 5) is 35.1. The van der Waals surface area contributed by atoms with Crippen molar-refractivity contribution >= 4 is 17.8 Å². The molecule has 1 aromatic carbocycles. The molecule has 0 aliphatic heterocycles. The Morgan fingerprint density at radius 1 is 1.00 bits per heavy atom. The molecule has 144 valence electrons. The number of ether oxygens (including phenoxy) is 1. The lowest BCUT2D eigenvalue weighted by molar-refractivity contribution is -0.148. The average Bonchev–Trinajstić information content (AvgIpc) is 2.58. The Morgan fingerprint density at radius 2 is 1.69 bits per heavy atom. The number of nitrogens with one attached hydrogen (secondary N) is 2. The molecule has 0 saturated heterocycles. The van der Waals surface area contributed by atoms with E-state index in [9.17, 15) is 14.4 Å². The summed E-state index contributed by atoms with van der Waals surface area (Å²) in [7, 11) is 0. The highest BCUT2D eigenvalue weighted by Crippen LogP contribution is 2.08. The van der Waals surface area contributed by atoms with Crippen LogP contribution in [0.15, 0.2) is 30.3 Å². The summed E-state index contributed by atoms with van der Waals surface area (Å²) in [6.45, 7) is 5.69. The molecule has 0 fully saturated rings. The zero-order chi connectivity index (χ0) is 19.4. The van der Waals surface area contributed by atoms with Crippen molar-refractivity contribution in [1.82, 2.24) is 10.6 Å². The molecule has 0 aliphatic rings. The average molecular weight is 362 g/mol. The Bertz CT molecular complexity index is 572. The molecule has 0 aliphatic carbocycles. The van der Waals surface area contributed by atoms with Crippen molar-refractivity contribution in [3.05, 3.63) is 35.9 Å². The summed E-state index contributed by atoms with van der Waals surface area (Å²) in [6, 6.07) is 9.29. The number of benzene rings is 1. The predicted octanol–water partition coefficient (Wildman–Crippen LogP) is 2.22. The van der Waals surface area contributed by atoms with Crippen LogP contribution in [0.25, 0.3) is 0 Å². The van der Waals surface area contributed by atoms with E-state index in [0.717, 1.165) is 24.8 Å². The normalized spacial score (nSPS) is 11.7. The Morgan fingerprint density at radius 3 is 2.35 bits per heavy atom. The van der Waals surface area contributed by atoms with Gasteiger partial charge in [-0.2, -0.15) is 0 Å². The predicted molar refractivity (Wildman–Crippen MR) is 100 cm³/mol. The molecule has 6 nitrogen and oxygen atoms in total. The molecule has 0 saturated carbocycles. The summed E-state index contributed by atoms with van der Waals surface area (Å²) < 4.78 is 4.88. The van der Waals surface area contributed by atoms with Crippen LogP contribution in [0, 0.1) is 5.92 Å². The Labute approximate surface area is 155 Å². The van der Waals surface area contributed by atoms with Crippen molar-refractivity contribution in [3.63, 3.8) is 0 Å². The van der Waals surface area contributed by atoms with Gasteiger partial charge in [-0.05, 0) is 24.8 Å². The lowest BCUT2D eigenvalue weighted by Crippen LogP contribution is -2.37. The molecule has 2 amide bonds. The summed E-state index contributed by atoms with van der Waals surface area (Å²) in [5.41, 5.74) is 0.865. The number of amides is 2. The van der Waals surface area contributed by atoms with Crippen LogP contribution in [0.2, 0.25) is 0 Å². The van der Waals surface area contributed by atoms with E-state index in [0.29, 0.717) is 5.92 Å². The fourth-order valence-electron chi connectivity index (χ4n) is 2.43. The second-order valence-electron chi connectivity index (χ2n) is 6.89. The largest absolute Gasteiger partial charge is 0.454 e. The molecule has 0 spiro atoms. The van der Waals surface area contributed by atoms with Gasteiger partial charge in [0.1, 0.15) is 6.54 Å². The van der Waals surface area contributed by atoms with E-state index in [1.54, 1.807) is 0 Å². The van der Waals surface area contributed by atoms with Crippen molar-refractivity contribution in [2.75, 3.05) is 13.2 Å². The Hall–Kier alpha value is -2.37. The van der Waals surface area contributed by atoms with Gasteiger partial charge >= 0.3 is 5.97 Å². The number of carbonyl (C=O) groups excluding carboxylic acids is 3. The first-order valence-electron chi connectivity index (χ1n) is 9.12. The molecular formula is C20H30N2O4. The fourth-order valence-corrected chi connectivity index (χ4v) is 2.43. The molecule has 1 rings (SSSR count). The van der Waals surface area contributed by atoms with Gasteiger partial charge in [-0.3, -0.25) is 14.4 Å². The summed E-state index contributed by atoms with van der Waals surface area (Å²) in [6.07, 6.45) is 3.26. The highest BCUT2D eigenvalue weighted by Gasteiger charge is 2.12. The minimum absolute atomic E-state index is 0.0468. The standard InChI is InChI=1S/C20H30N2O4/c1-15(2)8-7-9-16(3)22-19(24)14-26-20(25)13-21-18(23)12-17-10-5-4-6-11-17/h4-6,10-11,15-16H,7-9,12-14H2,1-3H3,(H,21,23)(H,22,24). The molecule has 0 aromatic heterocycles. The number of hydrogen-bond donors (Lipinski definition) is 2. The van der Waals surface area contributed by atoms with Crippen molar-refractivity contribution < 1.29 is 19.1 Å². The number of carbonyl (C=O) groups is 3. The number of rotatable bonds is 11. The molecule has 0 heterocycles. The molecule has 1 aromatic rings. The summed E-state index contributed by atoms with van der Waals surface area (Å²) in [5.74, 6) is -0.577. The maximum Gasteiger partial charge on any atom is 0.325 e. The zero-order valence-corrected chi connectivity index (χ0v) is 15.9. The van der Waals surface area contributed by atoms with E-state index in [4.69, 9.17) is 4.74 Å². The van der Waals surface area contributed by atoms with Gasteiger partial charge in [0.15, 0.2) is 6.61 Å². The highest BCUT2D eigenvalue weighted by molar-refractivity contribution is 5.85. The van der Waals surface area contributed by atoms with Gasteiger partial charge < -0.3 is 15.4 Å². The third-order valence-corrected chi connectivity index (χ3v) is 3.83. The SMILES string of the molecule is CC(C)CCCC(C)NC(=O)COC(=O)CNC(=O)Cc1ccccc1. The van der Waals surface area contributed by atoms with Gasteiger partial charge in [0.25, 0.3) is 5.91 Å². The minimum atomic E-state index is -0.631. The highest BCUT2D eigenvalue weighted by atomic mass is 16.5. The lowest BCUT2D eigenvalue weighted by atomic mass is 10.0. The van der Waals surface area contributed by atoms with Crippen LogP contribution in [0.4, 0.5) is 0 Å². The van der Waals surface area contributed by atoms with Crippen molar-refractivity contribution in [2.45, 2.75) is 52.5 Å². The van der Waals surface area contributed by atoms with Gasteiger partial charge in [-0.15, -0.1) is 0 Å². The van der Waals surface area contributed by atoms with Crippen LogP contribution in [0.3, 0.4) is 0 Å². The third kappa shape index (κ3) is 10.5. The molecule has 6 heteroatoms. The summed E-state index contributed by atoms with van der Waals surface area (Å²) in [5, 5.41) is 5.29. The topological polar surface area (TPSA) is 84.5 Å². The zero-order valence-electron chi connectivity index (χ0n) is 15.9. The monoisotopic (exact) mass is 362 g/mol. The number of esters is 1. The molecule has 0 radical (unpaired) electrons. The Balaban J connectivity index is 2.15. The molecule has 26 heavy (non-hydrogen) atoms. The molecule has 1 atom stereocenters. The van der Waals surface area contributed by atoms with Crippen LogP contribution in [-0.2, 0) is 25.5 Å². The molecule has 2 N–H and O–H groups in total. The molecule has 1 unspecified atom stereocenters. The fraction of sp³-hybridized carbons (Fsp3) is 0.550. The van der Waals surface area contributed by atoms with Gasteiger partial charge in [-0.25, -0.2) is 0 Å². The number of hydrogen-bond acceptors (Lipinski definition) is 4. The quantitative estimate of drug-likeness (QED) is 0.591. The second-order valence-corrected chi connectivity index (χ2v) is 6.89. The maximum absolute atomic E-state index is 11.8. The lowest BCUT2D eigenvalue weighted by Gasteiger charge is -2.14. The molecule has 0 bridgehead atoms. The first-order chi connectivity index (χ1) is 12.4. The maximum atomic E-state index is 11.8. The van der Waals surface area contributed by atoms with Gasteiger partial charge in [0.2, 0.25) is 5.91 Å². The Kier molecular flexibility index (Phi) is 10.1. The van der Waals surface area contributed by atoms with Gasteiger partial charge in [0, 0.05) is 6.04 Å². The smallest absolute Gasteiger partial charge is 0.325 e.